The van der Waals surface area contributed by atoms with Crippen LogP contribution < -0.4 is 10.6 Å². The van der Waals surface area contributed by atoms with Gasteiger partial charge in [-0.1, -0.05) is 48.5 Å². The zero-order valence-corrected chi connectivity index (χ0v) is 19.5. The molecule has 2 aromatic carbocycles. The number of aromatic nitrogens is 2. The molecule has 0 unspecified atom stereocenters. The minimum absolute atomic E-state index is 0.0610. The van der Waals surface area contributed by atoms with Crippen molar-refractivity contribution in [3.8, 4) is 11.3 Å². The lowest BCUT2D eigenvalue weighted by Crippen LogP contribution is -2.12. The molecule has 0 saturated heterocycles. The van der Waals surface area contributed by atoms with E-state index in [2.05, 4.69) is 32.7 Å². The summed E-state index contributed by atoms with van der Waals surface area (Å²) in [6, 6.07) is 23.7. The predicted octanol–water partition coefficient (Wildman–Crippen LogP) is 6.30. The zero-order chi connectivity index (χ0) is 24.0. The fourth-order valence-corrected chi connectivity index (χ4v) is 4.56. The summed E-state index contributed by atoms with van der Waals surface area (Å²) in [5, 5.41) is 6.38. The smallest absolute Gasteiger partial charge is 0.225 e. The quantitative estimate of drug-likeness (QED) is 0.286. The molecule has 1 aliphatic carbocycles. The number of aryl methyl sites for hydroxylation is 2. The minimum Gasteiger partial charge on any atom is -0.356 e. The van der Waals surface area contributed by atoms with Crippen LogP contribution in [0.25, 0.3) is 11.3 Å². The molecule has 6 heteroatoms. The molecule has 6 nitrogen and oxygen atoms in total. The standard InChI is InChI=1S/C29H28N4O2/c34-24-15-8-14-23-27(24)29(31-22-12-5-2-6-13-22)28(32-23)21-17-18-30-25(19-21)33-26(35)16-7-11-20-9-3-1-4-10-20/h1-6,9-10,12-13,17-19,31-32H,7-8,11,14-16H2,(H,30,33,35). The lowest BCUT2D eigenvalue weighted by molar-refractivity contribution is -0.116. The zero-order valence-electron chi connectivity index (χ0n) is 19.5. The van der Waals surface area contributed by atoms with Crippen molar-refractivity contribution in [2.75, 3.05) is 10.6 Å². The van der Waals surface area contributed by atoms with E-state index in [1.807, 2.05) is 60.7 Å². The van der Waals surface area contributed by atoms with Crippen LogP contribution in [0.15, 0.2) is 79.0 Å². The van der Waals surface area contributed by atoms with Gasteiger partial charge in [0, 0.05) is 36.0 Å². The van der Waals surface area contributed by atoms with Gasteiger partial charge >= 0.3 is 0 Å². The molecule has 2 aromatic heterocycles. The van der Waals surface area contributed by atoms with Crippen LogP contribution in [0.4, 0.5) is 17.2 Å². The normalized spacial score (nSPS) is 12.7. The molecular weight excluding hydrogens is 436 g/mol. The summed E-state index contributed by atoms with van der Waals surface area (Å²) >= 11 is 0. The molecule has 0 spiro atoms. The molecule has 1 aliphatic rings. The number of rotatable bonds is 8. The van der Waals surface area contributed by atoms with Gasteiger partial charge in [0.15, 0.2) is 5.78 Å². The Hall–Kier alpha value is -4.19. The highest BCUT2D eigenvalue weighted by atomic mass is 16.1. The summed E-state index contributed by atoms with van der Waals surface area (Å²) in [6.45, 7) is 0. The molecule has 1 amide bonds. The van der Waals surface area contributed by atoms with Gasteiger partial charge in [-0.2, -0.15) is 0 Å². The van der Waals surface area contributed by atoms with Crippen molar-refractivity contribution in [3.05, 3.63) is 95.8 Å². The monoisotopic (exact) mass is 464 g/mol. The lowest BCUT2D eigenvalue weighted by atomic mass is 9.95. The third-order valence-electron chi connectivity index (χ3n) is 6.26. The van der Waals surface area contributed by atoms with E-state index >= 15 is 0 Å². The predicted molar refractivity (Wildman–Crippen MR) is 139 cm³/mol. The molecule has 4 aromatic rings. The molecule has 0 radical (unpaired) electrons. The van der Waals surface area contributed by atoms with Gasteiger partial charge < -0.3 is 15.6 Å². The number of hydrogen-bond acceptors (Lipinski definition) is 4. The molecule has 35 heavy (non-hydrogen) atoms. The number of carbonyl (C=O) groups excluding carboxylic acids is 2. The second-order valence-corrected chi connectivity index (χ2v) is 8.81. The molecule has 0 bridgehead atoms. The number of nitrogens with zero attached hydrogens (tertiary/aromatic N) is 1. The van der Waals surface area contributed by atoms with Crippen molar-refractivity contribution in [1.29, 1.82) is 0 Å². The van der Waals surface area contributed by atoms with Gasteiger partial charge in [0.05, 0.1) is 16.9 Å². The summed E-state index contributed by atoms with van der Waals surface area (Å²) in [7, 11) is 0. The second-order valence-electron chi connectivity index (χ2n) is 8.81. The number of hydrogen-bond donors (Lipinski definition) is 3. The molecule has 0 atom stereocenters. The van der Waals surface area contributed by atoms with Gasteiger partial charge in [0.25, 0.3) is 0 Å². The molecule has 176 valence electrons. The molecule has 5 rings (SSSR count). The molecule has 3 N–H and O–H groups in total. The van der Waals surface area contributed by atoms with Crippen molar-refractivity contribution in [2.45, 2.75) is 38.5 Å². The molecule has 0 saturated carbocycles. The Morgan fingerprint density at radius 1 is 0.971 bits per heavy atom. The average Bonchev–Trinajstić information content (AvgIpc) is 3.25. The van der Waals surface area contributed by atoms with Crippen molar-refractivity contribution >= 4 is 28.9 Å². The van der Waals surface area contributed by atoms with Gasteiger partial charge in [-0.15, -0.1) is 0 Å². The Morgan fingerprint density at radius 2 is 1.74 bits per heavy atom. The third kappa shape index (κ3) is 5.32. The number of amides is 1. The first-order valence-corrected chi connectivity index (χ1v) is 12.1. The number of anilines is 3. The number of carbonyl (C=O) groups is 2. The first-order valence-electron chi connectivity index (χ1n) is 12.1. The van der Waals surface area contributed by atoms with E-state index in [-0.39, 0.29) is 11.7 Å². The Labute approximate surface area is 204 Å². The van der Waals surface area contributed by atoms with E-state index in [4.69, 9.17) is 0 Å². The summed E-state index contributed by atoms with van der Waals surface area (Å²) in [4.78, 5) is 33.2. The van der Waals surface area contributed by atoms with E-state index in [1.165, 1.54) is 5.56 Å². The number of aromatic amines is 1. The summed E-state index contributed by atoms with van der Waals surface area (Å²) < 4.78 is 0. The van der Waals surface area contributed by atoms with Crippen LogP contribution >= 0.6 is 0 Å². The minimum atomic E-state index is -0.0610. The van der Waals surface area contributed by atoms with Gasteiger partial charge in [-0.3, -0.25) is 9.59 Å². The lowest BCUT2D eigenvalue weighted by Gasteiger charge is -2.14. The highest BCUT2D eigenvalue weighted by Crippen LogP contribution is 2.39. The summed E-state index contributed by atoms with van der Waals surface area (Å²) in [5.41, 5.74) is 6.30. The Bertz CT molecular complexity index is 1330. The first-order chi connectivity index (χ1) is 17.2. The van der Waals surface area contributed by atoms with Crippen molar-refractivity contribution in [2.24, 2.45) is 0 Å². The number of nitrogens with one attached hydrogen (secondary N) is 3. The maximum absolute atomic E-state index is 12.8. The van der Waals surface area contributed by atoms with Crippen LogP contribution in [0, 0.1) is 0 Å². The van der Waals surface area contributed by atoms with Gasteiger partial charge in [-0.25, -0.2) is 4.98 Å². The highest BCUT2D eigenvalue weighted by molar-refractivity contribution is 6.07. The summed E-state index contributed by atoms with van der Waals surface area (Å²) in [6.07, 6.45) is 5.96. The number of fused-ring (bicyclic) bond motifs is 1. The SMILES string of the molecule is O=C(CCCc1ccccc1)Nc1cc(-c2[nH]c3c(c2Nc2ccccc2)C(=O)CCC3)ccn1. The van der Waals surface area contributed by atoms with Gasteiger partial charge in [0.2, 0.25) is 5.91 Å². The second kappa shape index (κ2) is 10.4. The third-order valence-corrected chi connectivity index (χ3v) is 6.26. The molecule has 2 heterocycles. The average molecular weight is 465 g/mol. The van der Waals surface area contributed by atoms with E-state index in [9.17, 15) is 9.59 Å². The molecule has 0 fully saturated rings. The van der Waals surface area contributed by atoms with Crippen molar-refractivity contribution in [1.82, 2.24) is 9.97 Å². The van der Waals surface area contributed by atoms with Crippen LogP contribution in [0.5, 0.6) is 0 Å². The highest BCUT2D eigenvalue weighted by Gasteiger charge is 2.27. The number of ketones is 1. The van der Waals surface area contributed by atoms with Crippen molar-refractivity contribution in [3.63, 3.8) is 0 Å². The Morgan fingerprint density at radius 3 is 2.54 bits per heavy atom. The van der Waals surface area contributed by atoms with E-state index in [0.29, 0.717) is 18.7 Å². The van der Waals surface area contributed by atoms with E-state index < -0.39 is 0 Å². The van der Waals surface area contributed by atoms with Crippen LogP contribution in [-0.2, 0) is 17.6 Å². The molecular formula is C29H28N4O2. The van der Waals surface area contributed by atoms with Crippen LogP contribution in [0.2, 0.25) is 0 Å². The van der Waals surface area contributed by atoms with Crippen LogP contribution in [0.3, 0.4) is 0 Å². The van der Waals surface area contributed by atoms with Gasteiger partial charge in [0.1, 0.15) is 5.82 Å². The molecule has 0 aliphatic heterocycles. The van der Waals surface area contributed by atoms with Crippen molar-refractivity contribution < 1.29 is 9.59 Å². The fourth-order valence-electron chi connectivity index (χ4n) is 4.56. The largest absolute Gasteiger partial charge is 0.356 e. The Balaban J connectivity index is 1.35. The number of pyridine rings is 1. The van der Waals surface area contributed by atoms with Crippen LogP contribution in [0.1, 0.15) is 47.3 Å². The number of para-hydroxylation sites is 1. The number of H-pyrrole nitrogens is 1. The van der Waals surface area contributed by atoms with E-state index in [1.54, 1.807) is 6.20 Å². The van der Waals surface area contributed by atoms with Crippen LogP contribution in [-0.4, -0.2) is 21.7 Å². The van der Waals surface area contributed by atoms with Gasteiger partial charge in [-0.05, 0) is 55.5 Å². The Kier molecular flexibility index (Phi) is 6.70. The topological polar surface area (TPSA) is 86.9 Å². The maximum Gasteiger partial charge on any atom is 0.225 e. The fraction of sp³-hybridized carbons (Fsp3) is 0.207. The number of benzene rings is 2. The summed E-state index contributed by atoms with van der Waals surface area (Å²) in [5.74, 6) is 0.583. The van der Waals surface area contributed by atoms with E-state index in [0.717, 1.165) is 59.6 Å². The maximum atomic E-state index is 12.8. The number of Topliss-reactive ketones (excluding diaryl/α,β-unsaturated/α-hetero) is 1. The first kappa shape index (κ1) is 22.6.